The summed E-state index contributed by atoms with van der Waals surface area (Å²) in [5.41, 5.74) is 0.338. The van der Waals surface area contributed by atoms with Crippen molar-refractivity contribution >= 4 is 11.6 Å². The minimum atomic E-state index is -4.65. The summed E-state index contributed by atoms with van der Waals surface area (Å²) in [6, 6.07) is 1.22. The van der Waals surface area contributed by atoms with Gasteiger partial charge in [0.1, 0.15) is 10.8 Å². The standard InChI is InChI=1S/C8H5ClF3N5/c1-17-5(3-13-16-17)4-2-6(9)15-7(14-4)8(10,11)12/h2-3H,1H3. The van der Waals surface area contributed by atoms with Gasteiger partial charge in [-0.25, -0.2) is 14.6 Å². The molecule has 0 aliphatic rings. The number of rotatable bonds is 1. The summed E-state index contributed by atoms with van der Waals surface area (Å²) in [5.74, 6) is -1.29. The Hall–Kier alpha value is -1.70. The van der Waals surface area contributed by atoms with Crippen LogP contribution in [0.1, 0.15) is 5.82 Å². The average Bonchev–Trinajstić information content (AvgIpc) is 2.62. The largest absolute Gasteiger partial charge is 0.451 e. The van der Waals surface area contributed by atoms with Gasteiger partial charge in [-0.3, -0.25) is 0 Å². The lowest BCUT2D eigenvalue weighted by Crippen LogP contribution is -2.12. The first-order valence-corrected chi connectivity index (χ1v) is 4.72. The summed E-state index contributed by atoms with van der Waals surface area (Å²) in [6.07, 6.45) is -3.36. The van der Waals surface area contributed by atoms with Crippen molar-refractivity contribution in [3.63, 3.8) is 0 Å². The van der Waals surface area contributed by atoms with Crippen molar-refractivity contribution in [3.8, 4) is 11.4 Å². The molecule has 2 aromatic rings. The third-order valence-corrected chi connectivity index (χ3v) is 2.12. The molecule has 2 rings (SSSR count). The van der Waals surface area contributed by atoms with E-state index in [0.717, 1.165) is 0 Å². The average molecular weight is 264 g/mol. The first kappa shape index (κ1) is 11.8. The number of aromatic nitrogens is 5. The summed E-state index contributed by atoms with van der Waals surface area (Å²) >= 11 is 5.52. The molecule has 2 aromatic heterocycles. The fourth-order valence-corrected chi connectivity index (χ4v) is 1.38. The van der Waals surface area contributed by atoms with Crippen LogP contribution in [0.15, 0.2) is 12.3 Å². The first-order chi connectivity index (χ1) is 7.88. The molecule has 0 amide bonds. The molecule has 5 nitrogen and oxygen atoms in total. The fourth-order valence-electron chi connectivity index (χ4n) is 1.20. The van der Waals surface area contributed by atoms with Gasteiger partial charge >= 0.3 is 6.18 Å². The van der Waals surface area contributed by atoms with Crippen molar-refractivity contribution in [2.75, 3.05) is 0 Å². The Kier molecular flexibility index (Phi) is 2.74. The molecular formula is C8H5ClF3N5. The van der Waals surface area contributed by atoms with Crippen LogP contribution in [0.2, 0.25) is 5.15 Å². The SMILES string of the molecule is Cn1nncc1-c1cc(Cl)nc(C(F)(F)F)n1. The smallest absolute Gasteiger partial charge is 0.246 e. The van der Waals surface area contributed by atoms with E-state index in [1.54, 1.807) is 0 Å². The van der Waals surface area contributed by atoms with Crippen LogP contribution in [0.25, 0.3) is 11.4 Å². The molecule has 0 saturated heterocycles. The topological polar surface area (TPSA) is 56.5 Å². The number of aryl methyl sites for hydroxylation is 1. The highest BCUT2D eigenvalue weighted by Crippen LogP contribution is 2.29. The Morgan fingerprint density at radius 1 is 1.29 bits per heavy atom. The zero-order valence-electron chi connectivity index (χ0n) is 8.40. The van der Waals surface area contributed by atoms with Crippen molar-refractivity contribution < 1.29 is 13.2 Å². The van der Waals surface area contributed by atoms with Crippen molar-refractivity contribution in [1.82, 2.24) is 25.0 Å². The molecule has 0 fully saturated rings. The van der Waals surface area contributed by atoms with Crippen LogP contribution in [0.4, 0.5) is 13.2 Å². The van der Waals surface area contributed by atoms with Gasteiger partial charge in [0.15, 0.2) is 0 Å². The van der Waals surface area contributed by atoms with Crippen LogP contribution in [-0.2, 0) is 13.2 Å². The molecule has 0 radical (unpaired) electrons. The lowest BCUT2D eigenvalue weighted by atomic mass is 10.3. The van der Waals surface area contributed by atoms with E-state index in [0.29, 0.717) is 5.69 Å². The summed E-state index contributed by atoms with van der Waals surface area (Å²) in [6.45, 7) is 0. The van der Waals surface area contributed by atoms with E-state index in [4.69, 9.17) is 11.6 Å². The highest BCUT2D eigenvalue weighted by Gasteiger charge is 2.35. The molecule has 0 aliphatic heterocycles. The second kappa shape index (κ2) is 3.95. The Morgan fingerprint density at radius 2 is 2.00 bits per heavy atom. The molecule has 2 heterocycles. The predicted octanol–water partition coefficient (Wildman–Crippen LogP) is 1.94. The van der Waals surface area contributed by atoms with Crippen molar-refractivity contribution in [2.45, 2.75) is 6.18 Å². The third kappa shape index (κ3) is 2.36. The predicted molar refractivity (Wildman–Crippen MR) is 52.0 cm³/mol. The number of hydrogen-bond donors (Lipinski definition) is 0. The molecule has 0 aromatic carbocycles. The summed E-state index contributed by atoms with van der Waals surface area (Å²) in [7, 11) is 1.53. The van der Waals surface area contributed by atoms with E-state index < -0.39 is 12.0 Å². The maximum Gasteiger partial charge on any atom is 0.451 e. The molecule has 17 heavy (non-hydrogen) atoms. The highest BCUT2D eigenvalue weighted by molar-refractivity contribution is 6.29. The van der Waals surface area contributed by atoms with Gasteiger partial charge in [-0.05, 0) is 0 Å². The van der Waals surface area contributed by atoms with E-state index in [1.165, 1.54) is 24.0 Å². The Bertz CT molecular complexity index is 550. The molecule has 0 atom stereocenters. The lowest BCUT2D eigenvalue weighted by Gasteiger charge is -2.07. The van der Waals surface area contributed by atoms with Crippen LogP contribution < -0.4 is 0 Å². The second-order valence-electron chi connectivity index (χ2n) is 3.14. The quantitative estimate of drug-likeness (QED) is 0.738. The maximum atomic E-state index is 12.5. The van der Waals surface area contributed by atoms with Gasteiger partial charge in [-0.2, -0.15) is 13.2 Å². The van der Waals surface area contributed by atoms with E-state index in [9.17, 15) is 13.2 Å². The molecule has 9 heteroatoms. The molecule has 0 saturated carbocycles. The van der Waals surface area contributed by atoms with Gasteiger partial charge < -0.3 is 0 Å². The molecule has 0 spiro atoms. The Labute approximate surface area is 98.3 Å². The van der Waals surface area contributed by atoms with Crippen LogP contribution in [0.3, 0.4) is 0 Å². The third-order valence-electron chi connectivity index (χ3n) is 1.93. The second-order valence-corrected chi connectivity index (χ2v) is 3.53. The monoisotopic (exact) mass is 263 g/mol. The number of hydrogen-bond acceptors (Lipinski definition) is 4. The number of halogens is 4. The molecule has 0 N–H and O–H groups in total. The zero-order chi connectivity index (χ0) is 12.6. The summed E-state index contributed by atoms with van der Waals surface area (Å²) in [5, 5.41) is 6.86. The van der Waals surface area contributed by atoms with E-state index in [1.807, 2.05) is 0 Å². The van der Waals surface area contributed by atoms with Crippen molar-refractivity contribution in [3.05, 3.63) is 23.2 Å². The van der Waals surface area contributed by atoms with Gasteiger partial charge in [0.25, 0.3) is 0 Å². The van der Waals surface area contributed by atoms with Gasteiger partial charge in [-0.1, -0.05) is 16.8 Å². The van der Waals surface area contributed by atoms with Crippen molar-refractivity contribution in [1.29, 1.82) is 0 Å². The van der Waals surface area contributed by atoms with Crippen molar-refractivity contribution in [2.24, 2.45) is 7.05 Å². The van der Waals surface area contributed by atoms with E-state index in [2.05, 4.69) is 20.3 Å². The van der Waals surface area contributed by atoms with Gasteiger partial charge in [-0.15, -0.1) is 5.10 Å². The van der Waals surface area contributed by atoms with Gasteiger partial charge in [0, 0.05) is 13.1 Å². The highest BCUT2D eigenvalue weighted by atomic mass is 35.5. The first-order valence-electron chi connectivity index (χ1n) is 4.35. The minimum absolute atomic E-state index is 0.0184. The zero-order valence-corrected chi connectivity index (χ0v) is 9.16. The van der Waals surface area contributed by atoms with Gasteiger partial charge in [0.2, 0.25) is 5.82 Å². The Balaban J connectivity index is 2.57. The molecule has 0 bridgehead atoms. The normalized spacial score (nSPS) is 11.8. The fraction of sp³-hybridized carbons (Fsp3) is 0.250. The van der Waals surface area contributed by atoms with E-state index >= 15 is 0 Å². The van der Waals surface area contributed by atoms with E-state index in [-0.39, 0.29) is 10.8 Å². The summed E-state index contributed by atoms with van der Waals surface area (Å²) in [4.78, 5) is 6.51. The maximum absolute atomic E-state index is 12.5. The molecule has 90 valence electrons. The van der Waals surface area contributed by atoms with Crippen LogP contribution in [0, 0.1) is 0 Å². The Morgan fingerprint density at radius 3 is 2.53 bits per heavy atom. The van der Waals surface area contributed by atoms with Crippen LogP contribution in [0.5, 0.6) is 0 Å². The van der Waals surface area contributed by atoms with Gasteiger partial charge in [0.05, 0.1) is 11.9 Å². The number of nitrogens with zero attached hydrogens (tertiary/aromatic N) is 5. The molecule has 0 aliphatic carbocycles. The summed E-state index contributed by atoms with van der Waals surface area (Å²) < 4.78 is 38.7. The molecule has 0 unspecified atom stereocenters. The van der Waals surface area contributed by atoms with Crippen LogP contribution in [-0.4, -0.2) is 25.0 Å². The minimum Gasteiger partial charge on any atom is -0.246 e. The number of alkyl halides is 3. The lowest BCUT2D eigenvalue weighted by molar-refractivity contribution is -0.144. The van der Waals surface area contributed by atoms with Crippen LogP contribution >= 0.6 is 11.6 Å². The molecular weight excluding hydrogens is 259 g/mol.